The normalized spacial score (nSPS) is 20.3. The lowest BCUT2D eigenvalue weighted by molar-refractivity contribution is 0.0181. The molecule has 0 saturated heterocycles. The zero-order chi connectivity index (χ0) is 17.8. The van der Waals surface area contributed by atoms with Crippen LogP contribution in [0.2, 0.25) is 5.02 Å². The molecule has 0 saturated carbocycles. The van der Waals surface area contributed by atoms with Gasteiger partial charge in [-0.2, -0.15) is 0 Å². The minimum absolute atomic E-state index is 0.0285. The summed E-state index contributed by atoms with van der Waals surface area (Å²) in [6, 6.07) is 3.19. The highest BCUT2D eigenvalue weighted by Crippen LogP contribution is 2.40. The molecule has 4 nitrogen and oxygen atoms in total. The largest absolute Gasteiger partial charge is 0.444 e. The van der Waals surface area contributed by atoms with Crippen LogP contribution >= 0.6 is 11.6 Å². The summed E-state index contributed by atoms with van der Waals surface area (Å²) < 4.78 is 21.7. The van der Waals surface area contributed by atoms with Crippen molar-refractivity contribution in [3.05, 3.63) is 34.7 Å². The summed E-state index contributed by atoms with van der Waals surface area (Å²) in [5.74, 6) is -0.455. The average molecular weight is 353 g/mol. The fourth-order valence-corrected chi connectivity index (χ4v) is 3.57. The van der Waals surface area contributed by atoms with Crippen molar-refractivity contribution in [2.24, 2.45) is 0 Å². The average Bonchev–Trinajstić information content (AvgIpc) is 2.89. The third-order valence-corrected chi connectivity index (χ3v) is 4.98. The number of benzene rings is 1. The van der Waals surface area contributed by atoms with Gasteiger partial charge in [-0.3, -0.25) is 0 Å². The zero-order valence-corrected chi connectivity index (χ0v) is 15.3. The topological polar surface area (TPSA) is 34.5 Å². The van der Waals surface area contributed by atoms with E-state index in [2.05, 4.69) is 0 Å². The Balaban J connectivity index is 1.97. The summed E-state index contributed by atoms with van der Waals surface area (Å²) >= 11 is 6.09. The lowest BCUT2D eigenvalue weighted by Gasteiger charge is -2.38. The Labute approximate surface area is 146 Å². The van der Waals surface area contributed by atoms with E-state index in [0.717, 1.165) is 16.5 Å². The molecular formula is C18H22ClFN2O2. The fraction of sp³-hybridized carbons (Fsp3) is 0.500. The number of hydrogen-bond acceptors (Lipinski definition) is 2. The van der Waals surface area contributed by atoms with E-state index in [0.29, 0.717) is 6.54 Å². The summed E-state index contributed by atoms with van der Waals surface area (Å²) in [6.45, 7) is 8.14. The van der Waals surface area contributed by atoms with Crippen LogP contribution in [0.5, 0.6) is 0 Å². The first-order valence-corrected chi connectivity index (χ1v) is 8.40. The maximum absolute atomic E-state index is 14.2. The molecule has 0 radical (unpaired) electrons. The number of nitrogens with zero attached hydrogens (tertiary/aromatic N) is 2. The molecule has 6 heteroatoms. The molecule has 1 aliphatic heterocycles. The summed E-state index contributed by atoms with van der Waals surface area (Å²) in [6.07, 6.45) is 1.52. The molecule has 0 fully saturated rings. The van der Waals surface area contributed by atoms with Crippen molar-refractivity contribution in [2.75, 3.05) is 7.05 Å². The highest BCUT2D eigenvalue weighted by molar-refractivity contribution is 6.35. The smallest absolute Gasteiger partial charge is 0.410 e. The van der Waals surface area contributed by atoms with Gasteiger partial charge in [0, 0.05) is 31.1 Å². The second kappa shape index (κ2) is 5.66. The Morgan fingerprint density at radius 2 is 2.12 bits per heavy atom. The monoisotopic (exact) mass is 352 g/mol. The van der Waals surface area contributed by atoms with Crippen LogP contribution in [0.25, 0.3) is 10.9 Å². The Kier molecular flexibility index (Phi) is 4.03. The molecule has 2 atom stereocenters. The third kappa shape index (κ3) is 2.75. The molecule has 0 aliphatic carbocycles. The minimum atomic E-state index is -0.554. The highest BCUT2D eigenvalue weighted by atomic mass is 35.5. The summed E-state index contributed by atoms with van der Waals surface area (Å²) in [5, 5.41) is 0.871. The molecule has 1 aliphatic rings. The van der Waals surface area contributed by atoms with Crippen molar-refractivity contribution in [3.8, 4) is 0 Å². The van der Waals surface area contributed by atoms with Crippen LogP contribution in [0.15, 0.2) is 18.3 Å². The molecule has 0 unspecified atom stereocenters. The highest BCUT2D eigenvalue weighted by Gasteiger charge is 2.35. The van der Waals surface area contributed by atoms with E-state index in [9.17, 15) is 9.18 Å². The van der Waals surface area contributed by atoms with Gasteiger partial charge < -0.3 is 14.2 Å². The molecule has 130 valence electrons. The Hall–Kier alpha value is -1.75. The number of ether oxygens (including phenoxy) is 1. The van der Waals surface area contributed by atoms with Gasteiger partial charge in [-0.1, -0.05) is 18.5 Å². The van der Waals surface area contributed by atoms with Crippen molar-refractivity contribution >= 4 is 28.6 Å². The summed E-state index contributed by atoms with van der Waals surface area (Å²) in [7, 11) is 1.73. The number of halogens is 2. The van der Waals surface area contributed by atoms with Crippen molar-refractivity contribution in [1.29, 1.82) is 0 Å². The van der Waals surface area contributed by atoms with Gasteiger partial charge in [0.05, 0.1) is 16.6 Å². The number of rotatable bonds is 1. The predicted octanol–water partition coefficient (Wildman–Crippen LogP) is 4.79. The first-order chi connectivity index (χ1) is 11.1. The molecule has 1 amide bonds. The molecule has 24 heavy (non-hydrogen) atoms. The maximum atomic E-state index is 14.2. The Morgan fingerprint density at radius 1 is 1.46 bits per heavy atom. The van der Waals surface area contributed by atoms with Crippen LogP contribution < -0.4 is 0 Å². The third-order valence-electron chi connectivity index (χ3n) is 4.60. The number of amides is 1. The van der Waals surface area contributed by atoms with Gasteiger partial charge in [-0.15, -0.1) is 0 Å². The number of carbonyl (C=O) groups excluding carboxylic acids is 1. The van der Waals surface area contributed by atoms with Crippen LogP contribution in [-0.2, 0) is 11.3 Å². The van der Waals surface area contributed by atoms with Gasteiger partial charge in [0.15, 0.2) is 0 Å². The van der Waals surface area contributed by atoms with Crippen LogP contribution in [0.1, 0.15) is 39.2 Å². The maximum Gasteiger partial charge on any atom is 0.410 e. The van der Waals surface area contributed by atoms with Crippen LogP contribution in [-0.4, -0.2) is 34.3 Å². The van der Waals surface area contributed by atoms with E-state index in [-0.39, 0.29) is 23.1 Å². The molecule has 0 bridgehead atoms. The van der Waals surface area contributed by atoms with Crippen LogP contribution in [0.4, 0.5) is 9.18 Å². The molecule has 0 N–H and O–H groups in total. The van der Waals surface area contributed by atoms with E-state index in [1.54, 1.807) is 11.9 Å². The Morgan fingerprint density at radius 3 is 2.75 bits per heavy atom. The lowest BCUT2D eigenvalue weighted by Crippen LogP contribution is -2.46. The van der Waals surface area contributed by atoms with Gasteiger partial charge in [0.1, 0.15) is 11.4 Å². The van der Waals surface area contributed by atoms with Crippen molar-refractivity contribution in [3.63, 3.8) is 0 Å². The summed E-state index contributed by atoms with van der Waals surface area (Å²) in [4.78, 5) is 14.0. The standard InChI is InChI=1S/C18H22ClFN2O2/c1-10-12-8-13(20)15(19)11-6-7-22(16(11)12)9-14(10)21(5)17(23)24-18(2,3)4/h6-8,10,14H,9H2,1-5H3/t10-,14-/m1/s1. The van der Waals surface area contributed by atoms with E-state index in [1.807, 2.05) is 44.5 Å². The molecule has 3 rings (SSSR count). The second-order valence-electron chi connectivity index (χ2n) is 7.44. The van der Waals surface area contributed by atoms with Gasteiger partial charge in [-0.05, 0) is 38.5 Å². The Bertz CT molecular complexity index is 809. The number of aromatic nitrogens is 1. The first-order valence-electron chi connectivity index (χ1n) is 8.02. The molecule has 2 heterocycles. The number of hydrogen-bond donors (Lipinski definition) is 0. The van der Waals surface area contributed by atoms with Gasteiger partial charge in [-0.25, -0.2) is 9.18 Å². The van der Waals surface area contributed by atoms with Crippen molar-refractivity contribution in [1.82, 2.24) is 9.47 Å². The molecule has 1 aromatic heterocycles. The van der Waals surface area contributed by atoms with E-state index in [4.69, 9.17) is 16.3 Å². The van der Waals surface area contributed by atoms with Crippen LogP contribution in [0, 0.1) is 5.82 Å². The first kappa shape index (κ1) is 17.1. The quantitative estimate of drug-likeness (QED) is 0.739. The fourth-order valence-electron chi connectivity index (χ4n) is 3.36. The van der Waals surface area contributed by atoms with Gasteiger partial charge in [0.2, 0.25) is 0 Å². The molecule has 1 aromatic carbocycles. The zero-order valence-electron chi connectivity index (χ0n) is 14.6. The van der Waals surface area contributed by atoms with Gasteiger partial charge >= 0.3 is 6.09 Å². The SMILES string of the molecule is C[C@@H]1c2cc(F)c(Cl)c3ccn(c23)C[C@H]1N(C)C(=O)OC(C)(C)C. The van der Waals surface area contributed by atoms with Gasteiger partial charge in [0.25, 0.3) is 0 Å². The predicted molar refractivity (Wildman–Crippen MR) is 93.1 cm³/mol. The summed E-state index contributed by atoms with van der Waals surface area (Å²) in [5.41, 5.74) is 1.26. The van der Waals surface area contributed by atoms with Crippen LogP contribution in [0.3, 0.4) is 0 Å². The lowest BCUT2D eigenvalue weighted by atomic mass is 9.88. The van der Waals surface area contributed by atoms with E-state index < -0.39 is 11.4 Å². The van der Waals surface area contributed by atoms with E-state index >= 15 is 0 Å². The number of likely N-dealkylation sites (N-methyl/N-ethyl adjacent to an activating group) is 1. The second-order valence-corrected chi connectivity index (χ2v) is 7.82. The van der Waals surface area contributed by atoms with E-state index in [1.165, 1.54) is 6.07 Å². The van der Waals surface area contributed by atoms with Crippen molar-refractivity contribution in [2.45, 2.75) is 51.8 Å². The minimum Gasteiger partial charge on any atom is -0.444 e. The molecule has 2 aromatic rings. The van der Waals surface area contributed by atoms with Crippen molar-refractivity contribution < 1.29 is 13.9 Å². The molecular weight excluding hydrogens is 331 g/mol. The number of carbonyl (C=O) groups is 1. The molecule has 0 spiro atoms.